The normalized spacial score (nSPS) is 23.8. The van der Waals surface area contributed by atoms with Crippen LogP contribution in [0.4, 0.5) is 0 Å². The largest absolute Gasteiger partial charge is 0.355 e. The first-order chi connectivity index (χ1) is 8.83. The summed E-state index contributed by atoms with van der Waals surface area (Å²) >= 11 is 0. The summed E-state index contributed by atoms with van der Waals surface area (Å²) in [7, 11) is 0. The van der Waals surface area contributed by atoms with Crippen LogP contribution < -0.4 is 10.6 Å². The highest BCUT2D eigenvalue weighted by atomic mass is 16.1. The Morgan fingerprint density at radius 3 is 2.78 bits per heavy atom. The van der Waals surface area contributed by atoms with Crippen LogP contribution >= 0.6 is 0 Å². The molecule has 2 aliphatic rings. The van der Waals surface area contributed by atoms with Gasteiger partial charge in [0.15, 0.2) is 0 Å². The summed E-state index contributed by atoms with van der Waals surface area (Å²) in [4.78, 5) is 11.1. The molecule has 96 valence electrons. The number of nitrogens with one attached hydrogen (secondary N) is 2. The van der Waals surface area contributed by atoms with Gasteiger partial charge in [-0.3, -0.25) is 4.79 Å². The average molecular weight is 244 g/mol. The third-order valence-corrected chi connectivity index (χ3v) is 3.92. The van der Waals surface area contributed by atoms with Gasteiger partial charge >= 0.3 is 0 Å². The molecule has 3 heteroatoms. The number of piperidine rings is 1. The number of benzene rings is 1. The molecule has 1 aromatic carbocycles. The molecule has 2 fully saturated rings. The Bertz CT molecular complexity index is 430. The van der Waals surface area contributed by atoms with Gasteiger partial charge in [0.25, 0.3) is 0 Å². The van der Waals surface area contributed by atoms with E-state index < -0.39 is 0 Å². The number of hydrogen-bond donors (Lipinski definition) is 2. The summed E-state index contributed by atoms with van der Waals surface area (Å²) in [6, 6.07) is 9.16. The summed E-state index contributed by atoms with van der Waals surface area (Å²) in [6.45, 7) is 1.69. The van der Waals surface area contributed by atoms with Crippen molar-refractivity contribution in [2.24, 2.45) is 0 Å². The molecule has 1 saturated carbocycles. The Hall–Kier alpha value is -1.35. The van der Waals surface area contributed by atoms with E-state index in [0.29, 0.717) is 12.5 Å². The van der Waals surface area contributed by atoms with Crippen LogP contribution in [0.1, 0.15) is 42.7 Å². The maximum atomic E-state index is 11.1. The highest BCUT2D eigenvalue weighted by Gasteiger charge is 2.25. The SMILES string of the molecule is O=C1CCC(NCc2ccccc2C2CC2)CN1. The Kier molecular flexibility index (Phi) is 3.33. The number of hydrogen-bond acceptors (Lipinski definition) is 2. The highest BCUT2D eigenvalue weighted by Crippen LogP contribution is 2.41. The molecule has 0 aromatic heterocycles. The standard InChI is InChI=1S/C15H20N2O/c18-15-8-7-13(10-17-15)16-9-12-3-1-2-4-14(12)11-5-6-11/h1-4,11,13,16H,5-10H2,(H,17,18). The van der Waals surface area contributed by atoms with Gasteiger partial charge in [0.2, 0.25) is 5.91 Å². The lowest BCUT2D eigenvalue weighted by Crippen LogP contribution is -2.45. The Morgan fingerprint density at radius 1 is 1.22 bits per heavy atom. The Labute approximate surface area is 108 Å². The zero-order valence-electron chi connectivity index (χ0n) is 10.6. The molecule has 1 heterocycles. The molecule has 1 aliphatic heterocycles. The molecule has 1 saturated heterocycles. The highest BCUT2D eigenvalue weighted by molar-refractivity contribution is 5.76. The van der Waals surface area contributed by atoms with Crippen LogP contribution in [0.3, 0.4) is 0 Å². The molecule has 18 heavy (non-hydrogen) atoms. The summed E-state index contributed by atoms with van der Waals surface area (Å²) in [5.41, 5.74) is 2.95. The molecule has 1 aliphatic carbocycles. The van der Waals surface area contributed by atoms with Gasteiger partial charge in [-0.05, 0) is 36.3 Å². The lowest BCUT2D eigenvalue weighted by atomic mass is 10.0. The maximum Gasteiger partial charge on any atom is 0.220 e. The van der Waals surface area contributed by atoms with Crippen molar-refractivity contribution in [3.8, 4) is 0 Å². The molecule has 1 aromatic rings. The molecule has 0 radical (unpaired) electrons. The molecule has 3 nitrogen and oxygen atoms in total. The van der Waals surface area contributed by atoms with E-state index in [4.69, 9.17) is 0 Å². The number of carbonyl (C=O) groups excluding carboxylic acids is 1. The van der Waals surface area contributed by atoms with Gasteiger partial charge in [-0.25, -0.2) is 0 Å². The van der Waals surface area contributed by atoms with Crippen molar-refractivity contribution in [1.29, 1.82) is 0 Å². The van der Waals surface area contributed by atoms with Crippen LogP contribution in [-0.4, -0.2) is 18.5 Å². The molecule has 2 N–H and O–H groups in total. The molecular formula is C15H20N2O. The minimum atomic E-state index is 0.187. The van der Waals surface area contributed by atoms with Crippen molar-refractivity contribution in [3.05, 3.63) is 35.4 Å². The van der Waals surface area contributed by atoms with Crippen molar-refractivity contribution >= 4 is 5.91 Å². The Morgan fingerprint density at radius 2 is 2.06 bits per heavy atom. The lowest BCUT2D eigenvalue weighted by molar-refractivity contribution is -0.122. The van der Waals surface area contributed by atoms with E-state index in [2.05, 4.69) is 34.9 Å². The van der Waals surface area contributed by atoms with E-state index in [1.54, 1.807) is 0 Å². The van der Waals surface area contributed by atoms with Crippen molar-refractivity contribution in [2.75, 3.05) is 6.54 Å². The molecule has 0 spiro atoms. The second-order valence-corrected chi connectivity index (χ2v) is 5.39. The van der Waals surface area contributed by atoms with E-state index in [9.17, 15) is 4.79 Å². The number of rotatable bonds is 4. The first-order valence-corrected chi connectivity index (χ1v) is 6.91. The molecule has 1 unspecified atom stereocenters. The Balaban J connectivity index is 1.58. The zero-order valence-corrected chi connectivity index (χ0v) is 10.6. The summed E-state index contributed by atoms with van der Waals surface area (Å²) < 4.78 is 0. The van der Waals surface area contributed by atoms with E-state index in [0.717, 1.165) is 25.4 Å². The summed E-state index contributed by atoms with van der Waals surface area (Å²) in [6.07, 6.45) is 4.30. The minimum Gasteiger partial charge on any atom is -0.355 e. The third kappa shape index (κ3) is 2.72. The molecule has 1 amide bonds. The topological polar surface area (TPSA) is 41.1 Å². The van der Waals surface area contributed by atoms with Crippen LogP contribution in [-0.2, 0) is 11.3 Å². The van der Waals surface area contributed by atoms with Crippen LogP contribution in [0.5, 0.6) is 0 Å². The molecule has 3 rings (SSSR count). The van der Waals surface area contributed by atoms with Crippen molar-refractivity contribution in [2.45, 2.75) is 44.2 Å². The van der Waals surface area contributed by atoms with Gasteiger partial charge in [0, 0.05) is 25.6 Å². The lowest BCUT2D eigenvalue weighted by Gasteiger charge is -2.24. The van der Waals surface area contributed by atoms with Gasteiger partial charge in [0.05, 0.1) is 0 Å². The quantitative estimate of drug-likeness (QED) is 0.849. The fourth-order valence-corrected chi connectivity index (χ4v) is 2.65. The van der Waals surface area contributed by atoms with Gasteiger partial charge in [0.1, 0.15) is 0 Å². The number of amides is 1. The first kappa shape index (κ1) is 11.7. The third-order valence-electron chi connectivity index (χ3n) is 3.92. The molecule has 0 bridgehead atoms. The maximum absolute atomic E-state index is 11.1. The number of carbonyl (C=O) groups is 1. The van der Waals surface area contributed by atoms with Crippen molar-refractivity contribution in [1.82, 2.24) is 10.6 Å². The average Bonchev–Trinajstić information content (AvgIpc) is 3.23. The zero-order chi connectivity index (χ0) is 12.4. The van der Waals surface area contributed by atoms with E-state index in [1.165, 1.54) is 24.0 Å². The van der Waals surface area contributed by atoms with Crippen LogP contribution in [0.25, 0.3) is 0 Å². The van der Waals surface area contributed by atoms with E-state index in [-0.39, 0.29) is 5.91 Å². The molecular weight excluding hydrogens is 224 g/mol. The van der Waals surface area contributed by atoms with E-state index >= 15 is 0 Å². The van der Waals surface area contributed by atoms with Crippen LogP contribution in [0, 0.1) is 0 Å². The predicted octanol–water partition coefficient (Wildman–Crippen LogP) is 1.93. The molecule has 1 atom stereocenters. The van der Waals surface area contributed by atoms with Crippen molar-refractivity contribution in [3.63, 3.8) is 0 Å². The monoisotopic (exact) mass is 244 g/mol. The summed E-state index contributed by atoms with van der Waals surface area (Å²) in [5, 5.41) is 6.48. The van der Waals surface area contributed by atoms with Gasteiger partial charge in [-0.2, -0.15) is 0 Å². The second-order valence-electron chi connectivity index (χ2n) is 5.39. The van der Waals surface area contributed by atoms with Gasteiger partial charge in [-0.15, -0.1) is 0 Å². The van der Waals surface area contributed by atoms with Crippen LogP contribution in [0.15, 0.2) is 24.3 Å². The van der Waals surface area contributed by atoms with Crippen LogP contribution in [0.2, 0.25) is 0 Å². The minimum absolute atomic E-state index is 0.187. The fourth-order valence-electron chi connectivity index (χ4n) is 2.65. The smallest absolute Gasteiger partial charge is 0.220 e. The van der Waals surface area contributed by atoms with Gasteiger partial charge in [-0.1, -0.05) is 24.3 Å². The van der Waals surface area contributed by atoms with E-state index in [1.807, 2.05) is 0 Å². The second kappa shape index (κ2) is 5.11. The fraction of sp³-hybridized carbons (Fsp3) is 0.533. The predicted molar refractivity (Wildman–Crippen MR) is 71.3 cm³/mol. The van der Waals surface area contributed by atoms with Gasteiger partial charge < -0.3 is 10.6 Å². The summed E-state index contributed by atoms with van der Waals surface area (Å²) in [5.74, 6) is 0.987. The van der Waals surface area contributed by atoms with Crippen molar-refractivity contribution < 1.29 is 4.79 Å². The first-order valence-electron chi connectivity index (χ1n) is 6.91.